The highest BCUT2D eigenvalue weighted by atomic mass is 16.6. The number of primary amides is 1. The van der Waals surface area contributed by atoms with Crippen molar-refractivity contribution in [1.29, 1.82) is 0 Å². The first kappa shape index (κ1) is 25.3. The number of carbonyl (C=O) groups is 2. The summed E-state index contributed by atoms with van der Waals surface area (Å²) in [6, 6.07) is 6.65. The molecule has 0 saturated heterocycles. The van der Waals surface area contributed by atoms with E-state index in [1.807, 2.05) is 38.1 Å². The minimum atomic E-state index is -1.33. The Morgan fingerprint density at radius 1 is 1.22 bits per heavy atom. The van der Waals surface area contributed by atoms with E-state index in [-0.39, 0.29) is 18.1 Å². The molecule has 2 aromatic rings. The molecule has 0 fully saturated rings. The van der Waals surface area contributed by atoms with Gasteiger partial charge in [0, 0.05) is 30.6 Å². The van der Waals surface area contributed by atoms with Crippen LogP contribution in [0.5, 0.6) is 0 Å². The quantitative estimate of drug-likeness (QED) is 0.234. The number of hydrogen-bond donors (Lipinski definition) is 5. The van der Waals surface area contributed by atoms with Crippen LogP contribution < -0.4 is 11.1 Å². The number of carbonyl (C=O) groups excluding carboxylic acids is 2. The lowest BCUT2D eigenvalue weighted by Crippen LogP contribution is -2.47. The molecule has 0 spiro atoms. The Morgan fingerprint density at radius 3 is 2.50 bits per heavy atom. The second kappa shape index (κ2) is 11.6. The summed E-state index contributed by atoms with van der Waals surface area (Å²) in [7, 11) is 1.45. The minimum Gasteiger partial charge on any atom is -0.390 e. The zero-order chi connectivity index (χ0) is 23.8. The Kier molecular flexibility index (Phi) is 9.18. The van der Waals surface area contributed by atoms with E-state index in [9.17, 15) is 19.8 Å². The molecule has 176 valence electrons. The summed E-state index contributed by atoms with van der Waals surface area (Å²) in [6.07, 6.45) is -1.08. The van der Waals surface area contributed by atoms with Crippen LogP contribution in [0.3, 0.4) is 0 Å². The van der Waals surface area contributed by atoms with E-state index in [0.29, 0.717) is 0 Å². The Morgan fingerprint density at radius 2 is 1.91 bits per heavy atom. The van der Waals surface area contributed by atoms with Gasteiger partial charge in [0.05, 0.1) is 6.10 Å². The molecule has 2 amide bonds. The van der Waals surface area contributed by atoms with Crippen LogP contribution in [-0.2, 0) is 25.6 Å². The van der Waals surface area contributed by atoms with Crippen LogP contribution in [0.1, 0.15) is 26.3 Å². The first-order valence-corrected chi connectivity index (χ1v) is 10.4. The molecule has 2 rings (SSSR count). The molecule has 0 aliphatic carbocycles. The fourth-order valence-corrected chi connectivity index (χ4v) is 3.40. The third-order valence-corrected chi connectivity index (χ3v) is 5.05. The number of nitrogens with two attached hydrogens (primary N) is 1. The van der Waals surface area contributed by atoms with Crippen LogP contribution >= 0.6 is 0 Å². The van der Waals surface area contributed by atoms with Crippen molar-refractivity contribution in [2.75, 3.05) is 13.7 Å². The summed E-state index contributed by atoms with van der Waals surface area (Å²) in [6.45, 7) is 4.60. The van der Waals surface area contributed by atoms with Gasteiger partial charge in [-0.3, -0.25) is 9.59 Å². The third kappa shape index (κ3) is 6.52. The number of fused-ring (bicyclic) bond motifs is 1. The van der Waals surface area contributed by atoms with Crippen molar-refractivity contribution in [3.05, 3.63) is 36.0 Å². The molecule has 0 saturated carbocycles. The molecule has 0 unspecified atom stereocenters. The molecule has 0 aliphatic rings. The molecule has 1 aromatic heterocycles. The maximum Gasteiger partial charge on any atom is 0.261 e. The average molecular weight is 449 g/mol. The Balaban J connectivity index is 2.05. The number of ether oxygens (including phenoxy) is 1. The van der Waals surface area contributed by atoms with Crippen LogP contribution in [-0.4, -0.2) is 70.8 Å². The smallest absolute Gasteiger partial charge is 0.261 e. The van der Waals surface area contributed by atoms with Gasteiger partial charge in [0.15, 0.2) is 6.61 Å². The SMILES string of the molecule is CO[C@H](/C(=N/OCC(=O)N[C@@H](Cc1c[nH]c2ccccc12)C(N)=O)[C@@H](O)[C@@H](C)O)C(C)C. The summed E-state index contributed by atoms with van der Waals surface area (Å²) in [5.74, 6) is -1.36. The minimum absolute atomic E-state index is 0.0653. The van der Waals surface area contributed by atoms with E-state index in [2.05, 4.69) is 15.5 Å². The Labute approximate surface area is 186 Å². The summed E-state index contributed by atoms with van der Waals surface area (Å²) in [5.41, 5.74) is 7.29. The molecule has 0 radical (unpaired) electrons. The molecular weight excluding hydrogens is 416 g/mol. The van der Waals surface area contributed by atoms with E-state index in [1.54, 1.807) is 6.20 Å². The lowest BCUT2D eigenvalue weighted by Gasteiger charge is -2.25. The third-order valence-electron chi connectivity index (χ3n) is 5.05. The molecule has 1 heterocycles. The van der Waals surface area contributed by atoms with Crippen LogP contribution in [0.25, 0.3) is 10.9 Å². The van der Waals surface area contributed by atoms with Gasteiger partial charge in [0.1, 0.15) is 24.0 Å². The number of aliphatic hydroxyl groups excluding tert-OH is 2. The number of H-pyrrole nitrogens is 1. The Bertz CT molecular complexity index is 939. The number of amides is 2. The number of oxime groups is 1. The van der Waals surface area contributed by atoms with Gasteiger partial charge in [0.25, 0.3) is 5.91 Å². The topological polar surface area (TPSA) is 159 Å². The molecule has 10 nitrogen and oxygen atoms in total. The number of benzene rings is 1. The van der Waals surface area contributed by atoms with E-state index in [4.69, 9.17) is 15.3 Å². The maximum atomic E-state index is 12.3. The predicted molar refractivity (Wildman–Crippen MR) is 120 cm³/mol. The van der Waals surface area contributed by atoms with Gasteiger partial charge in [-0.15, -0.1) is 0 Å². The van der Waals surface area contributed by atoms with Crippen molar-refractivity contribution < 1.29 is 29.4 Å². The number of aromatic amines is 1. The number of rotatable bonds is 12. The highest BCUT2D eigenvalue weighted by Gasteiger charge is 2.30. The lowest BCUT2D eigenvalue weighted by atomic mass is 9.96. The first-order chi connectivity index (χ1) is 15.1. The molecule has 0 aliphatic heterocycles. The van der Waals surface area contributed by atoms with Gasteiger partial charge < -0.3 is 35.8 Å². The van der Waals surface area contributed by atoms with Gasteiger partial charge in [-0.2, -0.15) is 0 Å². The van der Waals surface area contributed by atoms with E-state index < -0.39 is 42.8 Å². The second-order valence-corrected chi connectivity index (χ2v) is 7.96. The molecule has 10 heteroatoms. The molecular formula is C22H32N4O6. The van der Waals surface area contributed by atoms with E-state index >= 15 is 0 Å². The Hall–Kier alpha value is -2.95. The number of aliphatic hydroxyl groups is 2. The first-order valence-electron chi connectivity index (χ1n) is 10.4. The van der Waals surface area contributed by atoms with Crippen molar-refractivity contribution >= 4 is 28.4 Å². The van der Waals surface area contributed by atoms with Crippen LogP contribution in [0, 0.1) is 5.92 Å². The van der Waals surface area contributed by atoms with Crippen LogP contribution in [0.15, 0.2) is 35.6 Å². The zero-order valence-electron chi connectivity index (χ0n) is 18.7. The molecule has 0 bridgehead atoms. The number of para-hydroxylation sites is 1. The summed E-state index contributed by atoms with van der Waals surface area (Å²) < 4.78 is 5.35. The van der Waals surface area contributed by atoms with Gasteiger partial charge >= 0.3 is 0 Å². The number of hydrogen-bond acceptors (Lipinski definition) is 7. The molecule has 4 atom stereocenters. The summed E-state index contributed by atoms with van der Waals surface area (Å²) >= 11 is 0. The lowest BCUT2D eigenvalue weighted by molar-refractivity contribution is -0.130. The fourth-order valence-electron chi connectivity index (χ4n) is 3.40. The van der Waals surface area contributed by atoms with Gasteiger partial charge in [0.2, 0.25) is 5.91 Å². The highest BCUT2D eigenvalue weighted by molar-refractivity contribution is 5.93. The van der Waals surface area contributed by atoms with Crippen molar-refractivity contribution in [1.82, 2.24) is 10.3 Å². The monoisotopic (exact) mass is 448 g/mol. The number of nitrogens with one attached hydrogen (secondary N) is 2. The number of methoxy groups -OCH3 is 1. The second-order valence-electron chi connectivity index (χ2n) is 7.96. The van der Waals surface area contributed by atoms with E-state index in [0.717, 1.165) is 16.5 Å². The average Bonchev–Trinajstić information content (AvgIpc) is 3.14. The highest BCUT2D eigenvalue weighted by Crippen LogP contribution is 2.19. The molecule has 6 N–H and O–H groups in total. The summed E-state index contributed by atoms with van der Waals surface area (Å²) in [4.78, 5) is 32.5. The van der Waals surface area contributed by atoms with Crippen molar-refractivity contribution in [3.8, 4) is 0 Å². The van der Waals surface area contributed by atoms with Gasteiger partial charge in [-0.25, -0.2) is 0 Å². The zero-order valence-corrected chi connectivity index (χ0v) is 18.7. The number of aromatic nitrogens is 1. The standard InChI is InChI=1S/C22H32N4O6/c1-12(2)21(31-4)19(20(29)13(3)27)26-32-11-18(28)25-17(22(23)30)9-14-10-24-16-8-6-5-7-15(14)16/h5-8,10,12-13,17,20-21,24,27,29H,9,11H2,1-4H3,(H2,23,30)(H,25,28)/b26-19+/t13-,17+,20+,21+/m1/s1. The predicted octanol–water partition coefficient (Wildman–Crippen LogP) is 0.466. The normalized spacial score (nSPS) is 15.9. The van der Waals surface area contributed by atoms with Gasteiger partial charge in [-0.1, -0.05) is 37.2 Å². The summed E-state index contributed by atoms with van der Waals surface area (Å²) in [5, 5.41) is 27.3. The largest absolute Gasteiger partial charge is 0.390 e. The number of nitrogens with zero attached hydrogens (tertiary/aromatic N) is 1. The van der Waals surface area contributed by atoms with Crippen LogP contribution in [0.4, 0.5) is 0 Å². The van der Waals surface area contributed by atoms with Crippen LogP contribution in [0.2, 0.25) is 0 Å². The van der Waals surface area contributed by atoms with Crippen molar-refractivity contribution in [2.45, 2.75) is 51.5 Å². The maximum absolute atomic E-state index is 12.3. The van der Waals surface area contributed by atoms with Gasteiger partial charge in [-0.05, 0) is 24.5 Å². The van der Waals surface area contributed by atoms with E-state index in [1.165, 1.54) is 14.0 Å². The molecule has 1 aromatic carbocycles. The van der Waals surface area contributed by atoms with Crippen molar-refractivity contribution in [2.24, 2.45) is 16.8 Å². The van der Waals surface area contributed by atoms with Crippen molar-refractivity contribution in [3.63, 3.8) is 0 Å². The molecule has 32 heavy (non-hydrogen) atoms. The fraction of sp³-hybridized carbons (Fsp3) is 0.500.